The summed E-state index contributed by atoms with van der Waals surface area (Å²) >= 11 is 1.48. The van der Waals surface area contributed by atoms with Crippen molar-refractivity contribution in [2.45, 2.75) is 46.3 Å². The average molecular weight is 349 g/mol. The molecule has 3 heterocycles. The molecule has 3 rings (SSSR count). The van der Waals surface area contributed by atoms with Gasteiger partial charge in [0.1, 0.15) is 0 Å². The third-order valence-electron chi connectivity index (χ3n) is 4.26. The van der Waals surface area contributed by atoms with Gasteiger partial charge in [0.2, 0.25) is 0 Å². The van der Waals surface area contributed by atoms with Crippen LogP contribution >= 0.6 is 11.3 Å². The van der Waals surface area contributed by atoms with Gasteiger partial charge < -0.3 is 10.1 Å². The number of ether oxygens (including phenoxy) is 1. The second kappa shape index (κ2) is 6.90. The molecule has 0 unspecified atom stereocenters. The van der Waals surface area contributed by atoms with E-state index in [-0.39, 0.29) is 12.1 Å². The van der Waals surface area contributed by atoms with Crippen molar-refractivity contribution in [3.8, 4) is 0 Å². The number of amides is 2. The lowest BCUT2D eigenvalue weighted by Gasteiger charge is -2.14. The first-order valence-corrected chi connectivity index (χ1v) is 8.88. The molecule has 0 aliphatic carbocycles. The maximum Gasteiger partial charge on any atom is 0.321 e. The van der Waals surface area contributed by atoms with Gasteiger partial charge in [-0.05, 0) is 32.8 Å². The SMILES string of the molecule is Cc1nn(C)c(C)c1C[C@H](C)NC(=O)Nc1nc2c(s1)COCC2. The quantitative estimate of drug-likeness (QED) is 0.888. The number of carbonyl (C=O) groups is 1. The zero-order valence-electron chi connectivity index (χ0n) is 14.5. The number of hydrogen-bond acceptors (Lipinski definition) is 5. The highest BCUT2D eigenvalue weighted by Gasteiger charge is 2.18. The number of aromatic nitrogens is 3. The van der Waals surface area contributed by atoms with Crippen LogP contribution in [0, 0.1) is 13.8 Å². The number of nitrogens with one attached hydrogen (secondary N) is 2. The minimum atomic E-state index is -0.228. The Bertz CT molecular complexity index is 728. The summed E-state index contributed by atoms with van der Waals surface area (Å²) in [6.07, 6.45) is 1.56. The zero-order valence-corrected chi connectivity index (χ0v) is 15.3. The van der Waals surface area contributed by atoms with Crippen LogP contribution in [0.15, 0.2) is 0 Å². The van der Waals surface area contributed by atoms with Crippen molar-refractivity contribution in [3.05, 3.63) is 27.5 Å². The van der Waals surface area contributed by atoms with Crippen molar-refractivity contribution in [1.29, 1.82) is 0 Å². The first kappa shape index (κ1) is 16.9. The molecule has 1 atom stereocenters. The Labute approximate surface area is 145 Å². The fourth-order valence-electron chi connectivity index (χ4n) is 2.91. The van der Waals surface area contributed by atoms with Crippen molar-refractivity contribution in [2.75, 3.05) is 11.9 Å². The van der Waals surface area contributed by atoms with E-state index in [1.807, 2.05) is 32.5 Å². The number of fused-ring (bicyclic) bond motifs is 1. The Morgan fingerprint density at radius 2 is 2.25 bits per heavy atom. The minimum absolute atomic E-state index is 0.00419. The second-order valence-corrected chi connectivity index (χ2v) is 7.25. The first-order chi connectivity index (χ1) is 11.4. The molecule has 1 aliphatic rings. The van der Waals surface area contributed by atoms with Gasteiger partial charge in [0.15, 0.2) is 5.13 Å². The molecule has 2 aromatic rings. The third kappa shape index (κ3) is 3.59. The summed E-state index contributed by atoms with van der Waals surface area (Å²) in [6.45, 7) is 7.32. The molecule has 2 aromatic heterocycles. The first-order valence-electron chi connectivity index (χ1n) is 8.07. The molecular weight excluding hydrogens is 326 g/mol. The van der Waals surface area contributed by atoms with Gasteiger partial charge in [-0.15, -0.1) is 0 Å². The molecule has 0 aromatic carbocycles. The van der Waals surface area contributed by atoms with Gasteiger partial charge in [-0.3, -0.25) is 10.00 Å². The molecule has 8 heteroatoms. The number of anilines is 1. The summed E-state index contributed by atoms with van der Waals surface area (Å²) in [5.74, 6) is 0. The molecule has 2 N–H and O–H groups in total. The van der Waals surface area contributed by atoms with Gasteiger partial charge in [0.25, 0.3) is 0 Å². The smallest absolute Gasteiger partial charge is 0.321 e. The van der Waals surface area contributed by atoms with E-state index in [4.69, 9.17) is 4.74 Å². The molecule has 0 bridgehead atoms. The Balaban J connectivity index is 1.57. The number of rotatable bonds is 4. The lowest BCUT2D eigenvalue weighted by molar-refractivity contribution is 0.112. The fourth-order valence-corrected chi connectivity index (χ4v) is 3.85. The van der Waals surface area contributed by atoms with Crippen molar-refractivity contribution in [3.63, 3.8) is 0 Å². The summed E-state index contributed by atoms with van der Waals surface area (Å²) in [5, 5.41) is 10.8. The van der Waals surface area contributed by atoms with Crippen LogP contribution in [-0.4, -0.2) is 33.4 Å². The Hall–Kier alpha value is -1.93. The lowest BCUT2D eigenvalue weighted by atomic mass is 10.1. The Kier molecular flexibility index (Phi) is 4.86. The van der Waals surface area contributed by atoms with Crippen LogP contribution in [-0.2, 0) is 31.2 Å². The molecule has 0 radical (unpaired) electrons. The topological polar surface area (TPSA) is 81.1 Å². The van der Waals surface area contributed by atoms with Crippen LogP contribution in [0.4, 0.5) is 9.93 Å². The normalized spacial score (nSPS) is 15.0. The summed E-state index contributed by atoms with van der Waals surface area (Å²) in [5.41, 5.74) is 4.37. The molecule has 2 amide bonds. The van der Waals surface area contributed by atoms with E-state index in [9.17, 15) is 4.79 Å². The summed E-state index contributed by atoms with van der Waals surface area (Å²) < 4.78 is 7.28. The van der Waals surface area contributed by atoms with E-state index in [1.54, 1.807) is 0 Å². The summed E-state index contributed by atoms with van der Waals surface area (Å²) in [6, 6.07) is -0.224. The minimum Gasteiger partial charge on any atom is -0.375 e. The number of hydrogen-bond donors (Lipinski definition) is 2. The molecule has 0 saturated heterocycles. The van der Waals surface area contributed by atoms with E-state index >= 15 is 0 Å². The molecule has 130 valence electrons. The number of urea groups is 1. The molecule has 0 saturated carbocycles. The van der Waals surface area contributed by atoms with Crippen LogP contribution in [0.3, 0.4) is 0 Å². The standard InChI is InChI=1S/C16H23N5O2S/c1-9(7-12-10(2)20-21(4)11(12)3)17-15(22)19-16-18-13-5-6-23-8-14(13)24-16/h9H,5-8H2,1-4H3,(H2,17,18,19,22)/t9-/m0/s1. The largest absolute Gasteiger partial charge is 0.375 e. The number of nitrogens with zero attached hydrogens (tertiary/aromatic N) is 3. The zero-order chi connectivity index (χ0) is 17.3. The van der Waals surface area contributed by atoms with Gasteiger partial charge >= 0.3 is 6.03 Å². The molecule has 1 aliphatic heterocycles. The van der Waals surface area contributed by atoms with Crippen LogP contribution in [0.1, 0.15) is 34.4 Å². The summed E-state index contributed by atoms with van der Waals surface area (Å²) in [7, 11) is 1.94. The molecule has 0 spiro atoms. The molecule has 24 heavy (non-hydrogen) atoms. The highest BCUT2D eigenvalue weighted by Crippen LogP contribution is 2.26. The van der Waals surface area contributed by atoms with Gasteiger partial charge in [0, 0.05) is 25.2 Å². The van der Waals surface area contributed by atoms with Gasteiger partial charge in [-0.2, -0.15) is 5.10 Å². The van der Waals surface area contributed by atoms with Gasteiger partial charge in [-0.25, -0.2) is 9.78 Å². The number of aryl methyl sites for hydroxylation is 2. The average Bonchev–Trinajstić information content (AvgIpc) is 3.02. The van der Waals surface area contributed by atoms with Gasteiger partial charge in [0.05, 0.1) is 29.5 Å². The van der Waals surface area contributed by atoms with E-state index in [1.165, 1.54) is 16.9 Å². The predicted molar refractivity (Wildman–Crippen MR) is 93.5 cm³/mol. The van der Waals surface area contributed by atoms with E-state index in [2.05, 4.69) is 20.7 Å². The van der Waals surface area contributed by atoms with E-state index in [0.29, 0.717) is 18.3 Å². The number of carbonyl (C=O) groups excluding carboxylic acids is 1. The molecule has 0 fully saturated rings. The Morgan fingerprint density at radius 3 is 2.92 bits per heavy atom. The Morgan fingerprint density at radius 1 is 1.46 bits per heavy atom. The van der Waals surface area contributed by atoms with E-state index < -0.39 is 0 Å². The van der Waals surface area contributed by atoms with Crippen LogP contribution < -0.4 is 10.6 Å². The van der Waals surface area contributed by atoms with Crippen molar-refractivity contribution in [2.24, 2.45) is 7.05 Å². The number of thiazole rings is 1. The second-order valence-electron chi connectivity index (χ2n) is 6.17. The van der Waals surface area contributed by atoms with E-state index in [0.717, 1.165) is 34.8 Å². The predicted octanol–water partition coefficient (Wildman–Crippen LogP) is 2.32. The van der Waals surface area contributed by atoms with Crippen molar-refractivity contribution in [1.82, 2.24) is 20.1 Å². The van der Waals surface area contributed by atoms with Crippen LogP contribution in [0.2, 0.25) is 0 Å². The highest BCUT2D eigenvalue weighted by molar-refractivity contribution is 7.15. The van der Waals surface area contributed by atoms with Crippen LogP contribution in [0.5, 0.6) is 0 Å². The summed E-state index contributed by atoms with van der Waals surface area (Å²) in [4.78, 5) is 17.8. The highest BCUT2D eigenvalue weighted by atomic mass is 32.1. The molecular formula is C16H23N5O2S. The van der Waals surface area contributed by atoms with Gasteiger partial charge in [-0.1, -0.05) is 11.3 Å². The molecule has 7 nitrogen and oxygen atoms in total. The maximum atomic E-state index is 12.2. The lowest BCUT2D eigenvalue weighted by Crippen LogP contribution is -2.37. The monoisotopic (exact) mass is 349 g/mol. The van der Waals surface area contributed by atoms with Crippen molar-refractivity contribution >= 4 is 22.5 Å². The van der Waals surface area contributed by atoms with Crippen molar-refractivity contribution < 1.29 is 9.53 Å². The maximum absolute atomic E-state index is 12.2. The fraction of sp³-hybridized carbons (Fsp3) is 0.562. The third-order valence-corrected chi connectivity index (χ3v) is 5.25. The van der Waals surface area contributed by atoms with Crippen LogP contribution in [0.25, 0.3) is 0 Å².